The standard InChI is InChI=1S/C41H49N3O5S/c1-24-21-25(2)39(50-44(17-19-45)18-20-46)26(3)36(24)43-31-22-32(49-28-15-13-27(14-16-28)41(7,8)23-40(4,5)6)35(42)34-33(31)37(47)29-11-9-10-12-30(29)38(34)48/h9-16,21-22,43,45-46H,17-20,23,42H2,1-8H3. The minimum absolute atomic E-state index is 0.0442. The molecule has 0 atom stereocenters. The number of anilines is 3. The molecule has 0 unspecified atom stereocenters. The normalized spacial score (nSPS) is 13.0. The molecule has 0 amide bonds. The van der Waals surface area contributed by atoms with Gasteiger partial charge in [0.2, 0.25) is 0 Å². The lowest BCUT2D eigenvalue weighted by Gasteiger charge is -2.33. The molecule has 4 aromatic carbocycles. The predicted molar refractivity (Wildman–Crippen MR) is 203 cm³/mol. The monoisotopic (exact) mass is 695 g/mol. The summed E-state index contributed by atoms with van der Waals surface area (Å²) in [5.74, 6) is 0.192. The van der Waals surface area contributed by atoms with Gasteiger partial charge in [-0.3, -0.25) is 9.59 Å². The summed E-state index contributed by atoms with van der Waals surface area (Å²) in [4.78, 5) is 29.2. The van der Waals surface area contributed by atoms with Gasteiger partial charge >= 0.3 is 0 Å². The number of carbonyl (C=O) groups is 2. The second kappa shape index (κ2) is 14.6. The lowest BCUT2D eigenvalue weighted by atomic mass is 9.72. The van der Waals surface area contributed by atoms with E-state index >= 15 is 0 Å². The Morgan fingerprint density at radius 1 is 0.820 bits per heavy atom. The van der Waals surface area contributed by atoms with Crippen molar-refractivity contribution in [1.29, 1.82) is 0 Å². The van der Waals surface area contributed by atoms with Gasteiger partial charge in [0.05, 0.1) is 35.7 Å². The van der Waals surface area contributed by atoms with Gasteiger partial charge in [-0.25, -0.2) is 4.31 Å². The summed E-state index contributed by atoms with van der Waals surface area (Å²) in [7, 11) is 0. The Morgan fingerprint density at radius 3 is 1.96 bits per heavy atom. The average Bonchev–Trinajstić information content (AvgIpc) is 3.04. The Balaban J connectivity index is 1.61. The highest BCUT2D eigenvalue weighted by molar-refractivity contribution is 7.97. The van der Waals surface area contributed by atoms with Crippen LogP contribution in [0, 0.1) is 26.2 Å². The number of benzene rings is 4. The second-order valence-electron chi connectivity index (χ2n) is 15.0. The molecule has 0 heterocycles. The first-order valence-corrected chi connectivity index (χ1v) is 17.8. The fraction of sp³-hybridized carbons (Fsp3) is 0.366. The first kappa shape index (κ1) is 37.1. The summed E-state index contributed by atoms with van der Waals surface area (Å²) < 4.78 is 8.33. The third-order valence-electron chi connectivity index (χ3n) is 9.12. The molecule has 8 nitrogen and oxygen atoms in total. The zero-order chi connectivity index (χ0) is 36.5. The maximum absolute atomic E-state index is 14.2. The number of aliphatic hydroxyl groups excluding tert-OH is 2. The van der Waals surface area contributed by atoms with E-state index in [0.717, 1.165) is 33.7 Å². The summed E-state index contributed by atoms with van der Waals surface area (Å²) in [6, 6.07) is 18.5. The number of ketones is 2. The number of aliphatic hydroxyl groups is 2. The molecule has 0 fully saturated rings. The van der Waals surface area contributed by atoms with Crippen molar-refractivity contribution in [3.8, 4) is 11.5 Å². The molecular formula is C41H49N3O5S. The number of nitrogens with two attached hydrogens (primary N) is 1. The molecule has 264 valence electrons. The summed E-state index contributed by atoms with van der Waals surface area (Å²) in [6.07, 6.45) is 1.00. The van der Waals surface area contributed by atoms with Gasteiger partial charge in [-0.15, -0.1) is 0 Å². The highest BCUT2D eigenvalue weighted by atomic mass is 32.2. The van der Waals surface area contributed by atoms with Crippen molar-refractivity contribution in [2.45, 2.75) is 72.1 Å². The second-order valence-corrected chi connectivity index (χ2v) is 16.1. The fourth-order valence-corrected chi connectivity index (χ4v) is 8.24. The van der Waals surface area contributed by atoms with Crippen LogP contribution in [0.4, 0.5) is 17.1 Å². The van der Waals surface area contributed by atoms with Gasteiger partial charge in [0.1, 0.15) is 5.75 Å². The van der Waals surface area contributed by atoms with Gasteiger partial charge in [-0.1, -0.05) is 77.1 Å². The zero-order valence-corrected chi connectivity index (χ0v) is 31.2. The van der Waals surface area contributed by atoms with E-state index in [1.54, 1.807) is 30.3 Å². The van der Waals surface area contributed by atoms with Crippen molar-refractivity contribution in [3.05, 3.63) is 105 Å². The van der Waals surface area contributed by atoms with E-state index in [1.807, 2.05) is 37.2 Å². The average molecular weight is 696 g/mol. The first-order chi connectivity index (χ1) is 23.6. The maximum atomic E-state index is 14.2. The van der Waals surface area contributed by atoms with E-state index in [4.69, 9.17) is 10.5 Å². The minimum atomic E-state index is -0.335. The Bertz CT molecular complexity index is 1920. The van der Waals surface area contributed by atoms with E-state index in [2.05, 4.69) is 58.1 Å². The number of nitrogens with one attached hydrogen (secondary N) is 1. The Hall–Kier alpha value is -4.15. The van der Waals surface area contributed by atoms with E-state index < -0.39 is 0 Å². The van der Waals surface area contributed by atoms with Crippen LogP contribution in [-0.2, 0) is 5.41 Å². The summed E-state index contributed by atoms with van der Waals surface area (Å²) in [6.45, 7) is 17.9. The maximum Gasteiger partial charge on any atom is 0.196 e. The molecule has 0 spiro atoms. The van der Waals surface area contributed by atoms with Gasteiger partial charge in [-0.2, -0.15) is 0 Å². The van der Waals surface area contributed by atoms with Crippen molar-refractivity contribution < 1.29 is 24.5 Å². The molecule has 0 radical (unpaired) electrons. The number of nitrogens with zero attached hydrogens (tertiary/aromatic N) is 1. The van der Waals surface area contributed by atoms with Crippen LogP contribution in [0.5, 0.6) is 11.5 Å². The summed E-state index contributed by atoms with van der Waals surface area (Å²) in [5, 5.41) is 22.8. The summed E-state index contributed by atoms with van der Waals surface area (Å²) >= 11 is 1.47. The van der Waals surface area contributed by atoms with Crippen molar-refractivity contribution in [2.75, 3.05) is 37.4 Å². The molecular weight excluding hydrogens is 647 g/mol. The minimum Gasteiger partial charge on any atom is -0.455 e. The smallest absolute Gasteiger partial charge is 0.196 e. The molecule has 1 aliphatic rings. The lowest BCUT2D eigenvalue weighted by Crippen LogP contribution is -2.24. The van der Waals surface area contributed by atoms with Crippen LogP contribution in [0.2, 0.25) is 0 Å². The quantitative estimate of drug-likeness (QED) is 0.0751. The number of nitrogen functional groups attached to an aromatic ring is 1. The number of ether oxygens (including phenoxy) is 1. The molecule has 5 rings (SSSR count). The molecule has 50 heavy (non-hydrogen) atoms. The SMILES string of the molecule is Cc1cc(C)c(SN(CCO)CCO)c(C)c1Nc1cc(Oc2ccc(C(C)(C)CC(C)(C)C)cc2)c(N)c2c1C(=O)c1ccccc1C2=O. The third-order valence-corrected chi connectivity index (χ3v) is 10.5. The van der Waals surface area contributed by atoms with Crippen molar-refractivity contribution in [2.24, 2.45) is 5.41 Å². The van der Waals surface area contributed by atoms with Crippen LogP contribution in [0.1, 0.15) is 95.1 Å². The Kier molecular flexibility index (Phi) is 10.8. The van der Waals surface area contributed by atoms with Crippen LogP contribution < -0.4 is 15.8 Å². The lowest BCUT2D eigenvalue weighted by molar-refractivity contribution is 0.0980. The van der Waals surface area contributed by atoms with Crippen LogP contribution in [0.3, 0.4) is 0 Å². The van der Waals surface area contributed by atoms with Gasteiger partial charge < -0.3 is 26.0 Å². The van der Waals surface area contributed by atoms with Gasteiger partial charge in [0.15, 0.2) is 17.3 Å². The molecule has 9 heteroatoms. The number of carbonyl (C=O) groups excluding carboxylic acids is 2. The molecule has 0 saturated heterocycles. The highest BCUT2D eigenvalue weighted by Crippen LogP contribution is 2.45. The molecule has 0 aromatic heterocycles. The molecule has 0 bridgehead atoms. The van der Waals surface area contributed by atoms with E-state index in [9.17, 15) is 19.8 Å². The van der Waals surface area contributed by atoms with Gasteiger partial charge in [-0.05, 0) is 84.4 Å². The van der Waals surface area contributed by atoms with Crippen LogP contribution in [0.15, 0.2) is 65.6 Å². The predicted octanol–water partition coefficient (Wildman–Crippen LogP) is 8.51. The number of rotatable bonds is 12. The van der Waals surface area contributed by atoms with E-state index in [1.165, 1.54) is 17.5 Å². The zero-order valence-electron chi connectivity index (χ0n) is 30.4. The van der Waals surface area contributed by atoms with Crippen molar-refractivity contribution in [3.63, 3.8) is 0 Å². The number of aryl methyl sites for hydroxylation is 2. The molecule has 1 aliphatic carbocycles. The highest BCUT2D eigenvalue weighted by Gasteiger charge is 2.36. The van der Waals surface area contributed by atoms with Crippen LogP contribution >= 0.6 is 11.9 Å². The van der Waals surface area contributed by atoms with Gasteiger partial charge in [0.25, 0.3) is 0 Å². The van der Waals surface area contributed by atoms with Crippen LogP contribution in [-0.4, -0.2) is 52.4 Å². The van der Waals surface area contributed by atoms with Crippen LogP contribution in [0.25, 0.3) is 0 Å². The molecule has 4 aromatic rings. The first-order valence-electron chi connectivity index (χ1n) is 17.0. The van der Waals surface area contributed by atoms with Crippen molar-refractivity contribution in [1.82, 2.24) is 4.31 Å². The number of fused-ring (bicyclic) bond motifs is 2. The molecule has 0 aliphatic heterocycles. The third kappa shape index (κ3) is 7.61. The fourth-order valence-electron chi connectivity index (χ4n) is 7.20. The number of hydrogen-bond donors (Lipinski definition) is 4. The Labute approximate surface area is 300 Å². The van der Waals surface area contributed by atoms with Gasteiger partial charge in [0, 0.05) is 40.9 Å². The van der Waals surface area contributed by atoms with E-state index in [0.29, 0.717) is 35.7 Å². The number of hydrogen-bond acceptors (Lipinski definition) is 9. The summed E-state index contributed by atoms with van der Waals surface area (Å²) in [5.41, 5.74) is 13.2. The Morgan fingerprint density at radius 2 is 1.40 bits per heavy atom. The van der Waals surface area contributed by atoms with Crippen molar-refractivity contribution >= 4 is 40.6 Å². The topological polar surface area (TPSA) is 125 Å². The van der Waals surface area contributed by atoms with E-state index in [-0.39, 0.29) is 58.2 Å². The molecule has 0 saturated carbocycles. The molecule has 5 N–H and O–H groups in total. The largest absolute Gasteiger partial charge is 0.455 e.